The molecule has 0 saturated carbocycles. The summed E-state index contributed by atoms with van der Waals surface area (Å²) >= 11 is 0. The van der Waals surface area contributed by atoms with Gasteiger partial charge in [0.2, 0.25) is 0 Å². The maximum atomic E-state index is 12.4. The van der Waals surface area contributed by atoms with Crippen LogP contribution >= 0.6 is 0 Å². The molecule has 0 aliphatic rings. The van der Waals surface area contributed by atoms with E-state index in [1.54, 1.807) is 24.3 Å². The summed E-state index contributed by atoms with van der Waals surface area (Å²) in [6, 6.07) is 12.6. The van der Waals surface area contributed by atoms with Crippen molar-refractivity contribution in [2.24, 2.45) is 5.73 Å². The highest BCUT2D eigenvalue weighted by Gasteiger charge is 2.17. The third kappa shape index (κ3) is 4.58. The van der Waals surface area contributed by atoms with Crippen molar-refractivity contribution in [2.45, 2.75) is 37.8 Å². The Balaban J connectivity index is 1.80. The summed E-state index contributed by atoms with van der Waals surface area (Å²) in [4.78, 5) is 4.84. The molecular formula is C19H24BN3O3S. The topological polar surface area (TPSA) is 87.2 Å². The zero-order chi connectivity index (χ0) is 19.6. The number of rotatable bonds is 7. The van der Waals surface area contributed by atoms with Crippen molar-refractivity contribution in [3.63, 3.8) is 0 Å². The van der Waals surface area contributed by atoms with E-state index in [0.717, 1.165) is 27.9 Å². The summed E-state index contributed by atoms with van der Waals surface area (Å²) in [5.74, 6) is 0.835. The lowest BCUT2D eigenvalue weighted by Gasteiger charge is -2.11. The predicted octanol–water partition coefficient (Wildman–Crippen LogP) is 0.898. The average molecular weight is 385 g/mol. The van der Waals surface area contributed by atoms with E-state index in [1.807, 2.05) is 44.5 Å². The molecule has 1 atom stereocenters. The van der Waals surface area contributed by atoms with E-state index >= 15 is 0 Å². The maximum absolute atomic E-state index is 12.4. The van der Waals surface area contributed by atoms with Gasteiger partial charge in [-0.15, -0.1) is 0 Å². The third-order valence-corrected chi connectivity index (χ3v) is 5.68. The minimum atomic E-state index is -3.78. The molecule has 0 saturated heterocycles. The van der Waals surface area contributed by atoms with Crippen LogP contribution in [0.3, 0.4) is 0 Å². The second kappa shape index (κ2) is 7.84. The molecule has 0 aliphatic heterocycles. The van der Waals surface area contributed by atoms with Crippen molar-refractivity contribution in [3.05, 3.63) is 53.9 Å². The average Bonchev–Trinajstić information content (AvgIpc) is 2.91. The van der Waals surface area contributed by atoms with Gasteiger partial charge in [0.05, 0.1) is 22.5 Å². The Kier molecular flexibility index (Phi) is 5.69. The molecule has 142 valence electrons. The smallest absolute Gasteiger partial charge is 0.297 e. The number of hydrogen-bond donors (Lipinski definition) is 1. The lowest BCUT2D eigenvalue weighted by molar-refractivity contribution is 0.300. The summed E-state index contributed by atoms with van der Waals surface area (Å²) in [7, 11) is -1.77. The Bertz CT molecular complexity index is 1040. The fraction of sp³-hybridized carbons (Fsp3) is 0.316. The van der Waals surface area contributed by atoms with Crippen LogP contribution in [0.25, 0.3) is 11.0 Å². The van der Waals surface area contributed by atoms with Crippen LogP contribution in [-0.4, -0.2) is 38.5 Å². The molecule has 6 nitrogen and oxygen atoms in total. The quantitative estimate of drug-likeness (QED) is 0.482. The number of aromatic nitrogens is 2. The molecule has 3 aromatic rings. The van der Waals surface area contributed by atoms with Gasteiger partial charge in [-0.3, -0.25) is 4.18 Å². The molecule has 0 amide bonds. The molecule has 2 N–H and O–H groups in total. The van der Waals surface area contributed by atoms with Crippen molar-refractivity contribution in [1.82, 2.24) is 9.55 Å². The minimum absolute atomic E-state index is 0.0293. The molecule has 1 aromatic heterocycles. The molecular weight excluding hydrogens is 361 g/mol. The number of benzene rings is 2. The van der Waals surface area contributed by atoms with Gasteiger partial charge in [0.15, 0.2) is 0 Å². The number of hydrogen-bond acceptors (Lipinski definition) is 5. The first-order valence-corrected chi connectivity index (χ1v) is 10.3. The number of nitrogens with zero attached hydrogens (tertiary/aromatic N) is 2. The number of nitrogens with two attached hydrogens (primary N) is 1. The Morgan fingerprint density at radius 3 is 2.59 bits per heavy atom. The summed E-state index contributed by atoms with van der Waals surface area (Å²) < 4.78 is 32.0. The second-order valence-electron chi connectivity index (χ2n) is 6.94. The summed E-state index contributed by atoms with van der Waals surface area (Å²) in [6.45, 7) is 4.24. The molecule has 0 bridgehead atoms. The summed E-state index contributed by atoms with van der Waals surface area (Å²) in [5, 5.41) is 0. The molecule has 0 fully saturated rings. The van der Waals surface area contributed by atoms with Crippen LogP contribution < -0.4 is 11.2 Å². The third-order valence-electron chi connectivity index (χ3n) is 4.35. The zero-order valence-corrected chi connectivity index (χ0v) is 16.7. The number of fused-ring (bicyclic) bond motifs is 1. The molecule has 3 rings (SSSR count). The van der Waals surface area contributed by atoms with Gasteiger partial charge in [-0.2, -0.15) is 8.42 Å². The van der Waals surface area contributed by atoms with Crippen LogP contribution in [0.5, 0.6) is 0 Å². The van der Waals surface area contributed by atoms with E-state index in [0.29, 0.717) is 13.0 Å². The van der Waals surface area contributed by atoms with Crippen molar-refractivity contribution < 1.29 is 12.6 Å². The molecule has 0 spiro atoms. The summed E-state index contributed by atoms with van der Waals surface area (Å²) in [5.41, 5.74) is 9.90. The fourth-order valence-corrected chi connectivity index (χ4v) is 3.89. The van der Waals surface area contributed by atoms with Gasteiger partial charge in [-0.05, 0) is 38.1 Å². The van der Waals surface area contributed by atoms with E-state index in [-0.39, 0.29) is 17.5 Å². The van der Waals surface area contributed by atoms with Gasteiger partial charge in [0.1, 0.15) is 13.7 Å². The highest BCUT2D eigenvalue weighted by Crippen LogP contribution is 2.18. The van der Waals surface area contributed by atoms with E-state index in [1.165, 1.54) is 0 Å². The standard InChI is InChI=1S/C19H24BN3O3S/c1-13-3-6-16(7-4-13)27(24,25)26-10-9-23-18-8-5-15(20)12-17(18)22-19(23)11-14(2)21/h3-8,12,14H,9-11,20-21H2,1-2H3. The fourth-order valence-electron chi connectivity index (χ4n) is 2.99. The molecule has 8 heteroatoms. The SMILES string of the molecule is Bc1ccc2c(c1)nc(CC(C)N)n2CCOS(=O)(=O)c1ccc(C)cc1. The van der Waals surface area contributed by atoms with Crippen LogP contribution in [-0.2, 0) is 27.3 Å². The van der Waals surface area contributed by atoms with Crippen molar-refractivity contribution in [1.29, 1.82) is 0 Å². The molecule has 1 unspecified atom stereocenters. The van der Waals surface area contributed by atoms with E-state index in [4.69, 9.17) is 9.92 Å². The minimum Gasteiger partial charge on any atom is -0.328 e. The first-order valence-electron chi connectivity index (χ1n) is 8.94. The van der Waals surface area contributed by atoms with Crippen LogP contribution in [0, 0.1) is 6.92 Å². The van der Waals surface area contributed by atoms with Gasteiger partial charge in [0.25, 0.3) is 10.1 Å². The zero-order valence-electron chi connectivity index (χ0n) is 15.8. The van der Waals surface area contributed by atoms with Gasteiger partial charge < -0.3 is 10.3 Å². The van der Waals surface area contributed by atoms with Crippen LogP contribution in [0.2, 0.25) is 0 Å². The predicted molar refractivity (Wildman–Crippen MR) is 110 cm³/mol. The van der Waals surface area contributed by atoms with Gasteiger partial charge in [0, 0.05) is 19.0 Å². The molecule has 0 aliphatic carbocycles. The highest BCUT2D eigenvalue weighted by atomic mass is 32.2. The first kappa shape index (κ1) is 19.6. The Morgan fingerprint density at radius 2 is 1.93 bits per heavy atom. The Hall–Kier alpha value is -2.16. The number of imidazole rings is 1. The Labute approximate surface area is 160 Å². The first-order chi connectivity index (χ1) is 12.8. The maximum Gasteiger partial charge on any atom is 0.297 e. The van der Waals surface area contributed by atoms with Gasteiger partial charge in [-0.25, -0.2) is 4.98 Å². The van der Waals surface area contributed by atoms with E-state index < -0.39 is 10.1 Å². The van der Waals surface area contributed by atoms with Gasteiger partial charge >= 0.3 is 0 Å². The van der Waals surface area contributed by atoms with Crippen molar-refractivity contribution >= 4 is 34.5 Å². The van der Waals surface area contributed by atoms with Gasteiger partial charge in [-0.1, -0.05) is 29.2 Å². The summed E-state index contributed by atoms with van der Waals surface area (Å²) in [6.07, 6.45) is 0.610. The Morgan fingerprint density at radius 1 is 1.22 bits per heavy atom. The van der Waals surface area contributed by atoms with Crippen LogP contribution in [0.15, 0.2) is 47.4 Å². The van der Waals surface area contributed by atoms with Crippen LogP contribution in [0.4, 0.5) is 0 Å². The van der Waals surface area contributed by atoms with Crippen LogP contribution in [0.1, 0.15) is 18.3 Å². The van der Waals surface area contributed by atoms with Crippen molar-refractivity contribution in [3.8, 4) is 0 Å². The largest absolute Gasteiger partial charge is 0.328 e. The molecule has 2 aromatic carbocycles. The normalized spacial score (nSPS) is 13.1. The van der Waals surface area contributed by atoms with E-state index in [2.05, 4.69) is 4.98 Å². The number of aryl methyl sites for hydroxylation is 1. The van der Waals surface area contributed by atoms with E-state index in [9.17, 15) is 8.42 Å². The van der Waals surface area contributed by atoms with Crippen molar-refractivity contribution in [2.75, 3.05) is 6.61 Å². The molecule has 0 radical (unpaired) electrons. The monoisotopic (exact) mass is 385 g/mol. The lowest BCUT2D eigenvalue weighted by atomic mass is 9.96. The molecule has 27 heavy (non-hydrogen) atoms. The second-order valence-corrected chi connectivity index (χ2v) is 8.56. The molecule has 1 heterocycles. The highest BCUT2D eigenvalue weighted by molar-refractivity contribution is 7.86. The lowest BCUT2D eigenvalue weighted by Crippen LogP contribution is -2.21.